The average molecular weight is 276 g/mol. The molecule has 0 spiro atoms. The molecule has 0 saturated carbocycles. The van der Waals surface area contributed by atoms with Crippen molar-refractivity contribution in [2.45, 2.75) is 0 Å². The Morgan fingerprint density at radius 1 is 1.30 bits per heavy atom. The van der Waals surface area contributed by atoms with Crippen molar-refractivity contribution in [3.05, 3.63) is 47.8 Å². The summed E-state index contributed by atoms with van der Waals surface area (Å²) in [6, 6.07) is 7.86. The van der Waals surface area contributed by atoms with Crippen LogP contribution in [0.4, 0.5) is 15.8 Å². The Hall–Kier alpha value is -2.76. The van der Waals surface area contributed by atoms with E-state index in [0.29, 0.717) is 17.1 Å². The molecule has 2 aromatic carbocycles. The number of carbonyl (C=O) groups is 1. The standard InChI is InChI=1S/C14H13FN2O3/c1-20-9-3-4-11(16)12(7-9)17-14(19)10-6-8(15)2-5-13(10)18/h2-7,18H,16H2,1H3,(H,17,19). The average Bonchev–Trinajstić information content (AvgIpc) is 2.43. The highest BCUT2D eigenvalue weighted by molar-refractivity contribution is 6.07. The van der Waals surface area contributed by atoms with Crippen LogP contribution >= 0.6 is 0 Å². The number of benzene rings is 2. The molecule has 6 heteroatoms. The molecule has 1 amide bonds. The van der Waals surface area contributed by atoms with Crippen molar-refractivity contribution >= 4 is 17.3 Å². The predicted octanol–water partition coefficient (Wildman–Crippen LogP) is 2.37. The van der Waals surface area contributed by atoms with Gasteiger partial charge in [0.05, 0.1) is 24.0 Å². The Balaban J connectivity index is 2.30. The molecule has 2 rings (SSSR count). The summed E-state index contributed by atoms with van der Waals surface area (Å²) in [5.74, 6) is -1.09. The Bertz CT molecular complexity index is 659. The third-order valence-corrected chi connectivity index (χ3v) is 2.71. The van der Waals surface area contributed by atoms with Gasteiger partial charge in [-0.2, -0.15) is 0 Å². The molecule has 2 aromatic rings. The molecule has 20 heavy (non-hydrogen) atoms. The van der Waals surface area contributed by atoms with Crippen LogP contribution in [0.5, 0.6) is 11.5 Å². The number of hydrogen-bond donors (Lipinski definition) is 3. The molecule has 0 fully saturated rings. The molecule has 0 aliphatic carbocycles. The topological polar surface area (TPSA) is 84.6 Å². The first-order chi connectivity index (χ1) is 9.51. The summed E-state index contributed by atoms with van der Waals surface area (Å²) < 4.78 is 18.1. The molecule has 0 aromatic heterocycles. The summed E-state index contributed by atoms with van der Waals surface area (Å²) in [7, 11) is 1.48. The predicted molar refractivity (Wildman–Crippen MR) is 73.4 cm³/mol. The van der Waals surface area contributed by atoms with Gasteiger partial charge in [0.15, 0.2) is 0 Å². The first-order valence-electron chi connectivity index (χ1n) is 5.74. The van der Waals surface area contributed by atoms with E-state index in [9.17, 15) is 14.3 Å². The van der Waals surface area contributed by atoms with Crippen LogP contribution in [0.15, 0.2) is 36.4 Å². The maximum absolute atomic E-state index is 13.1. The highest BCUT2D eigenvalue weighted by Gasteiger charge is 2.14. The fraction of sp³-hybridized carbons (Fsp3) is 0.0714. The van der Waals surface area contributed by atoms with Crippen LogP contribution in [0.25, 0.3) is 0 Å². The molecule has 0 atom stereocenters. The molecule has 4 N–H and O–H groups in total. The van der Waals surface area contributed by atoms with Crippen molar-refractivity contribution in [2.24, 2.45) is 0 Å². The van der Waals surface area contributed by atoms with Gasteiger partial charge in [-0.1, -0.05) is 0 Å². The molecule has 0 heterocycles. The van der Waals surface area contributed by atoms with Gasteiger partial charge in [0, 0.05) is 6.07 Å². The minimum absolute atomic E-state index is 0.174. The second-order valence-electron chi connectivity index (χ2n) is 4.07. The van der Waals surface area contributed by atoms with Gasteiger partial charge in [-0.25, -0.2) is 4.39 Å². The lowest BCUT2D eigenvalue weighted by Crippen LogP contribution is -2.13. The third-order valence-electron chi connectivity index (χ3n) is 2.71. The van der Waals surface area contributed by atoms with Gasteiger partial charge in [0.25, 0.3) is 5.91 Å². The van der Waals surface area contributed by atoms with Crippen LogP contribution < -0.4 is 15.8 Å². The molecule has 104 valence electrons. The number of amides is 1. The summed E-state index contributed by atoms with van der Waals surface area (Å²) >= 11 is 0. The quantitative estimate of drug-likeness (QED) is 0.751. The number of phenols is 1. The number of phenolic OH excluding ortho intramolecular Hbond substituents is 1. The van der Waals surface area contributed by atoms with Crippen molar-refractivity contribution in [1.82, 2.24) is 0 Å². The Morgan fingerprint density at radius 2 is 2.05 bits per heavy atom. The Morgan fingerprint density at radius 3 is 2.75 bits per heavy atom. The van der Waals surface area contributed by atoms with Crippen LogP contribution in [0, 0.1) is 5.82 Å². The first-order valence-corrected chi connectivity index (χ1v) is 5.74. The molecule has 0 radical (unpaired) electrons. The summed E-state index contributed by atoms with van der Waals surface area (Å²) in [4.78, 5) is 12.0. The normalized spacial score (nSPS) is 10.1. The highest BCUT2D eigenvalue weighted by Crippen LogP contribution is 2.26. The molecular formula is C14H13FN2O3. The summed E-state index contributed by atoms with van der Waals surface area (Å²) in [5.41, 5.74) is 6.20. The maximum atomic E-state index is 13.1. The van der Waals surface area contributed by atoms with Crippen molar-refractivity contribution < 1.29 is 19.0 Å². The summed E-state index contributed by atoms with van der Waals surface area (Å²) in [6.07, 6.45) is 0. The van der Waals surface area contributed by atoms with E-state index in [1.165, 1.54) is 13.2 Å². The summed E-state index contributed by atoms with van der Waals surface area (Å²) in [5, 5.41) is 12.1. The number of rotatable bonds is 3. The molecular weight excluding hydrogens is 263 g/mol. The Labute approximate surface area is 114 Å². The van der Waals surface area contributed by atoms with Crippen LogP contribution in [0.1, 0.15) is 10.4 Å². The number of carbonyl (C=O) groups excluding carboxylic acids is 1. The fourth-order valence-corrected chi connectivity index (χ4v) is 1.65. The minimum atomic E-state index is -0.665. The van der Waals surface area contributed by atoms with E-state index in [4.69, 9.17) is 10.5 Å². The number of methoxy groups -OCH3 is 1. The third kappa shape index (κ3) is 2.80. The second-order valence-corrected chi connectivity index (χ2v) is 4.07. The molecule has 0 unspecified atom stereocenters. The zero-order valence-corrected chi connectivity index (χ0v) is 10.7. The molecule has 0 saturated heterocycles. The lowest BCUT2D eigenvalue weighted by atomic mass is 10.1. The lowest BCUT2D eigenvalue weighted by molar-refractivity contribution is 0.102. The number of nitrogens with one attached hydrogen (secondary N) is 1. The van der Waals surface area contributed by atoms with Gasteiger partial charge in [-0.05, 0) is 30.3 Å². The highest BCUT2D eigenvalue weighted by atomic mass is 19.1. The van der Waals surface area contributed by atoms with Crippen molar-refractivity contribution in [1.29, 1.82) is 0 Å². The lowest BCUT2D eigenvalue weighted by Gasteiger charge is -2.10. The van der Waals surface area contributed by atoms with Crippen molar-refractivity contribution in [3.8, 4) is 11.5 Å². The Kier molecular flexibility index (Phi) is 3.74. The van der Waals surface area contributed by atoms with Crippen molar-refractivity contribution in [2.75, 3.05) is 18.2 Å². The van der Waals surface area contributed by atoms with E-state index in [2.05, 4.69) is 5.32 Å². The number of ether oxygens (including phenoxy) is 1. The van der Waals surface area contributed by atoms with Crippen LogP contribution in [0.3, 0.4) is 0 Å². The number of aromatic hydroxyl groups is 1. The zero-order valence-electron chi connectivity index (χ0n) is 10.7. The molecule has 0 aliphatic rings. The fourth-order valence-electron chi connectivity index (χ4n) is 1.65. The van der Waals surface area contributed by atoms with E-state index in [1.54, 1.807) is 12.1 Å². The van der Waals surface area contributed by atoms with E-state index >= 15 is 0 Å². The van der Waals surface area contributed by atoms with Crippen LogP contribution in [0.2, 0.25) is 0 Å². The smallest absolute Gasteiger partial charge is 0.259 e. The van der Waals surface area contributed by atoms with Gasteiger partial charge < -0.3 is 20.9 Å². The van der Waals surface area contributed by atoms with Gasteiger partial charge >= 0.3 is 0 Å². The molecule has 0 aliphatic heterocycles. The molecule has 5 nitrogen and oxygen atoms in total. The van der Waals surface area contributed by atoms with Gasteiger partial charge in [-0.3, -0.25) is 4.79 Å². The van der Waals surface area contributed by atoms with Gasteiger partial charge in [-0.15, -0.1) is 0 Å². The zero-order chi connectivity index (χ0) is 14.7. The number of anilines is 2. The van der Waals surface area contributed by atoms with Crippen LogP contribution in [-0.2, 0) is 0 Å². The number of halogens is 1. The summed E-state index contributed by atoms with van der Waals surface area (Å²) in [6.45, 7) is 0. The van der Waals surface area contributed by atoms with E-state index in [-0.39, 0.29) is 11.3 Å². The van der Waals surface area contributed by atoms with E-state index in [1.807, 2.05) is 0 Å². The van der Waals surface area contributed by atoms with E-state index in [0.717, 1.165) is 18.2 Å². The number of nitrogens with two attached hydrogens (primary N) is 1. The monoisotopic (exact) mass is 276 g/mol. The minimum Gasteiger partial charge on any atom is -0.507 e. The molecule has 0 bridgehead atoms. The first kappa shape index (κ1) is 13.7. The van der Waals surface area contributed by atoms with Crippen LogP contribution in [-0.4, -0.2) is 18.1 Å². The van der Waals surface area contributed by atoms with Gasteiger partial charge in [0.2, 0.25) is 0 Å². The maximum Gasteiger partial charge on any atom is 0.259 e. The number of hydrogen-bond acceptors (Lipinski definition) is 4. The van der Waals surface area contributed by atoms with Crippen molar-refractivity contribution in [3.63, 3.8) is 0 Å². The second kappa shape index (κ2) is 5.48. The largest absolute Gasteiger partial charge is 0.507 e. The number of nitrogen functional groups attached to an aromatic ring is 1. The van der Waals surface area contributed by atoms with E-state index < -0.39 is 11.7 Å². The van der Waals surface area contributed by atoms with Gasteiger partial charge in [0.1, 0.15) is 17.3 Å². The SMILES string of the molecule is COc1ccc(N)c(NC(=O)c2cc(F)ccc2O)c1.